The normalized spacial score (nSPS) is 11.8. The molecule has 0 bridgehead atoms. The van der Waals surface area contributed by atoms with Crippen molar-refractivity contribution in [2.75, 3.05) is 26.7 Å². The molecule has 156 valence electrons. The van der Waals surface area contributed by atoms with Crippen LogP contribution in [0.15, 0.2) is 29.3 Å². The third-order valence-electron chi connectivity index (χ3n) is 4.38. The summed E-state index contributed by atoms with van der Waals surface area (Å²) < 4.78 is 5.28. The molecule has 0 aliphatic carbocycles. The fourth-order valence-electron chi connectivity index (χ4n) is 3.10. The second-order valence-corrected chi connectivity index (χ2v) is 7.10. The number of aliphatic imine (C=N–C) groups is 1. The van der Waals surface area contributed by atoms with E-state index in [0.29, 0.717) is 25.2 Å². The van der Waals surface area contributed by atoms with Crippen molar-refractivity contribution in [2.45, 2.75) is 66.3 Å². The van der Waals surface area contributed by atoms with Crippen LogP contribution in [-0.2, 0) is 17.9 Å². The van der Waals surface area contributed by atoms with E-state index in [-0.39, 0.29) is 24.0 Å². The predicted octanol–water partition coefficient (Wildman–Crippen LogP) is 4.02. The Labute approximate surface area is 183 Å². The summed E-state index contributed by atoms with van der Waals surface area (Å²) in [5.41, 5.74) is 2.40. The fourth-order valence-corrected chi connectivity index (χ4v) is 3.10. The van der Waals surface area contributed by atoms with E-state index in [1.807, 2.05) is 6.07 Å². The fraction of sp³-hybridized carbons (Fsp3) is 0.667. The second kappa shape index (κ2) is 15.1. The van der Waals surface area contributed by atoms with Gasteiger partial charge in [-0.15, -0.1) is 24.0 Å². The van der Waals surface area contributed by atoms with Gasteiger partial charge in [-0.25, -0.2) is 4.99 Å². The minimum atomic E-state index is 0. The molecule has 0 atom stereocenters. The van der Waals surface area contributed by atoms with Gasteiger partial charge in [-0.3, -0.25) is 4.90 Å². The lowest BCUT2D eigenvalue weighted by molar-refractivity contribution is 0.173. The van der Waals surface area contributed by atoms with Crippen LogP contribution in [0, 0.1) is 0 Å². The molecule has 2 N–H and O–H groups in total. The van der Waals surface area contributed by atoms with E-state index in [0.717, 1.165) is 32.0 Å². The summed E-state index contributed by atoms with van der Waals surface area (Å²) >= 11 is 0. The van der Waals surface area contributed by atoms with Crippen molar-refractivity contribution in [3.8, 4) is 0 Å². The van der Waals surface area contributed by atoms with E-state index in [2.05, 4.69) is 68.4 Å². The summed E-state index contributed by atoms with van der Waals surface area (Å²) in [5, 5.41) is 6.79. The highest BCUT2D eigenvalue weighted by Gasteiger charge is 2.12. The molecule has 0 unspecified atom stereocenters. The molecule has 1 rings (SSSR count). The molecule has 6 heteroatoms. The summed E-state index contributed by atoms with van der Waals surface area (Å²) in [5.74, 6) is 0.875. The number of ether oxygens (including phenoxy) is 1. The zero-order chi connectivity index (χ0) is 19.4. The Morgan fingerprint density at radius 3 is 2.26 bits per heavy atom. The SMILES string of the molecule is CCNC(=NCc1ccccc1COC)NCCCN(C(C)C)C(C)C.I. The Balaban J connectivity index is 0.00000676. The van der Waals surface area contributed by atoms with E-state index in [9.17, 15) is 0 Å². The van der Waals surface area contributed by atoms with E-state index < -0.39 is 0 Å². The van der Waals surface area contributed by atoms with Crippen molar-refractivity contribution < 1.29 is 4.74 Å². The van der Waals surface area contributed by atoms with Gasteiger partial charge in [0.2, 0.25) is 0 Å². The lowest BCUT2D eigenvalue weighted by Crippen LogP contribution is -2.41. The third kappa shape index (κ3) is 10.3. The molecule has 0 fully saturated rings. The molecule has 0 saturated heterocycles. The van der Waals surface area contributed by atoms with E-state index in [1.165, 1.54) is 11.1 Å². The Morgan fingerprint density at radius 1 is 1.07 bits per heavy atom. The molecule has 0 radical (unpaired) electrons. The van der Waals surface area contributed by atoms with Crippen LogP contribution in [0.3, 0.4) is 0 Å². The number of benzene rings is 1. The summed E-state index contributed by atoms with van der Waals surface area (Å²) in [7, 11) is 1.73. The first-order valence-electron chi connectivity index (χ1n) is 9.83. The molecule has 27 heavy (non-hydrogen) atoms. The quantitative estimate of drug-likeness (QED) is 0.213. The number of hydrogen-bond donors (Lipinski definition) is 2. The maximum Gasteiger partial charge on any atom is 0.191 e. The molecule has 1 aromatic rings. The third-order valence-corrected chi connectivity index (χ3v) is 4.38. The zero-order valence-corrected chi connectivity index (χ0v) is 20.2. The number of nitrogens with one attached hydrogen (secondary N) is 2. The highest BCUT2D eigenvalue weighted by Crippen LogP contribution is 2.11. The highest BCUT2D eigenvalue weighted by atomic mass is 127. The molecule has 0 saturated carbocycles. The van der Waals surface area contributed by atoms with Crippen LogP contribution in [0.1, 0.15) is 52.2 Å². The van der Waals surface area contributed by atoms with E-state index in [4.69, 9.17) is 9.73 Å². The van der Waals surface area contributed by atoms with Crippen LogP contribution in [0.2, 0.25) is 0 Å². The number of rotatable bonds is 11. The standard InChI is InChI=1S/C21H38N4O.HI/c1-7-22-21(23-13-10-14-25(17(2)3)18(4)5)24-15-19-11-8-9-12-20(19)16-26-6;/h8-9,11-12,17-18H,7,10,13-16H2,1-6H3,(H2,22,23,24);1H. The van der Waals surface area contributed by atoms with Gasteiger partial charge in [0.15, 0.2) is 5.96 Å². The molecule has 0 aromatic heterocycles. The highest BCUT2D eigenvalue weighted by molar-refractivity contribution is 14.0. The first kappa shape index (κ1) is 26.1. The maximum absolute atomic E-state index is 5.28. The average Bonchev–Trinajstić information content (AvgIpc) is 2.60. The van der Waals surface area contributed by atoms with Gasteiger partial charge < -0.3 is 15.4 Å². The molecular formula is C21H39IN4O. The molecule has 0 aliphatic heterocycles. The number of methoxy groups -OCH3 is 1. The molecule has 5 nitrogen and oxygen atoms in total. The van der Waals surface area contributed by atoms with E-state index in [1.54, 1.807) is 7.11 Å². The second-order valence-electron chi connectivity index (χ2n) is 7.10. The van der Waals surface area contributed by atoms with Gasteiger partial charge in [0.05, 0.1) is 13.2 Å². The topological polar surface area (TPSA) is 48.9 Å². The van der Waals surface area contributed by atoms with Crippen LogP contribution >= 0.6 is 24.0 Å². The van der Waals surface area contributed by atoms with Gasteiger partial charge in [0.25, 0.3) is 0 Å². The lowest BCUT2D eigenvalue weighted by atomic mass is 10.1. The summed E-state index contributed by atoms with van der Waals surface area (Å²) in [4.78, 5) is 7.26. The van der Waals surface area contributed by atoms with Gasteiger partial charge in [-0.05, 0) is 52.2 Å². The van der Waals surface area contributed by atoms with Gasteiger partial charge in [-0.2, -0.15) is 0 Å². The van der Waals surface area contributed by atoms with Gasteiger partial charge in [0, 0.05) is 38.8 Å². The van der Waals surface area contributed by atoms with Gasteiger partial charge in [-0.1, -0.05) is 24.3 Å². The molecule has 0 heterocycles. The van der Waals surface area contributed by atoms with Crippen molar-refractivity contribution in [1.29, 1.82) is 0 Å². The van der Waals surface area contributed by atoms with Crippen molar-refractivity contribution in [2.24, 2.45) is 4.99 Å². The number of guanidine groups is 1. The Kier molecular flexibility index (Phi) is 14.6. The van der Waals surface area contributed by atoms with Gasteiger partial charge in [0.1, 0.15) is 0 Å². The average molecular weight is 490 g/mol. The summed E-state index contributed by atoms with van der Waals surface area (Å²) in [6, 6.07) is 9.46. The Hall–Kier alpha value is -0.860. The summed E-state index contributed by atoms with van der Waals surface area (Å²) in [6.07, 6.45) is 1.10. The summed E-state index contributed by atoms with van der Waals surface area (Å²) in [6.45, 7) is 15.3. The van der Waals surface area contributed by atoms with Crippen LogP contribution in [0.4, 0.5) is 0 Å². The van der Waals surface area contributed by atoms with Crippen molar-refractivity contribution in [3.63, 3.8) is 0 Å². The van der Waals surface area contributed by atoms with Gasteiger partial charge >= 0.3 is 0 Å². The molecular weight excluding hydrogens is 451 g/mol. The van der Waals surface area contributed by atoms with Crippen molar-refractivity contribution >= 4 is 29.9 Å². The minimum Gasteiger partial charge on any atom is -0.380 e. The lowest BCUT2D eigenvalue weighted by Gasteiger charge is -2.30. The van der Waals surface area contributed by atoms with Crippen LogP contribution in [0.5, 0.6) is 0 Å². The molecule has 0 spiro atoms. The van der Waals surface area contributed by atoms with Crippen LogP contribution < -0.4 is 10.6 Å². The van der Waals surface area contributed by atoms with E-state index >= 15 is 0 Å². The first-order valence-corrected chi connectivity index (χ1v) is 9.83. The molecule has 1 aromatic carbocycles. The number of nitrogens with zero attached hydrogens (tertiary/aromatic N) is 2. The first-order chi connectivity index (χ1) is 12.5. The number of halogens is 1. The van der Waals surface area contributed by atoms with Crippen LogP contribution in [-0.4, -0.2) is 49.7 Å². The largest absolute Gasteiger partial charge is 0.380 e. The maximum atomic E-state index is 5.28. The zero-order valence-electron chi connectivity index (χ0n) is 17.9. The van der Waals surface area contributed by atoms with Crippen molar-refractivity contribution in [1.82, 2.24) is 15.5 Å². The minimum absolute atomic E-state index is 0. The Bertz CT molecular complexity index is 527. The molecule has 0 aliphatic rings. The molecule has 0 amide bonds. The Morgan fingerprint density at radius 2 is 1.70 bits per heavy atom. The predicted molar refractivity (Wildman–Crippen MR) is 127 cm³/mol. The smallest absolute Gasteiger partial charge is 0.191 e. The monoisotopic (exact) mass is 490 g/mol. The number of hydrogen-bond acceptors (Lipinski definition) is 3. The van der Waals surface area contributed by atoms with Crippen LogP contribution in [0.25, 0.3) is 0 Å². The van der Waals surface area contributed by atoms with Crippen molar-refractivity contribution in [3.05, 3.63) is 35.4 Å².